The van der Waals surface area contributed by atoms with Crippen molar-refractivity contribution >= 4 is 0 Å². The van der Waals surface area contributed by atoms with Crippen LogP contribution in [-0.4, -0.2) is 32.5 Å². The van der Waals surface area contributed by atoms with Gasteiger partial charge in [0.2, 0.25) is 0 Å². The van der Waals surface area contributed by atoms with Gasteiger partial charge in [0.25, 0.3) is 0 Å². The molecule has 0 saturated heterocycles. The van der Waals surface area contributed by atoms with Gasteiger partial charge in [0, 0.05) is 12.4 Å². The van der Waals surface area contributed by atoms with Crippen molar-refractivity contribution in [2.75, 3.05) is 6.61 Å². The topological polar surface area (TPSA) is 58.3 Å². The fraction of sp³-hybridized carbons (Fsp3) is 0.375. The summed E-state index contributed by atoms with van der Waals surface area (Å²) in [4.78, 5) is 3.83. The lowest BCUT2D eigenvalue weighted by Gasteiger charge is -2.18. The van der Waals surface area contributed by atoms with E-state index in [1.54, 1.807) is 29.4 Å². The maximum Gasteiger partial charge on any atom is 0.101 e. The van der Waals surface area contributed by atoms with Crippen molar-refractivity contribution in [3.63, 3.8) is 0 Å². The second kappa shape index (κ2) is 4.04. The third-order valence-electron chi connectivity index (χ3n) is 1.69. The van der Waals surface area contributed by atoms with E-state index in [0.29, 0.717) is 0 Å². The van der Waals surface area contributed by atoms with E-state index in [9.17, 15) is 5.11 Å². The summed E-state index contributed by atoms with van der Waals surface area (Å²) < 4.78 is 1.69. The molecule has 4 heteroatoms. The Bertz CT molecular complexity index is 233. The molecule has 1 aromatic heterocycles. The number of hydrogen-bond donors (Lipinski definition) is 2. The zero-order valence-electron chi connectivity index (χ0n) is 6.67. The molecule has 2 unspecified atom stereocenters. The Balaban J connectivity index is 2.76. The number of aromatic nitrogens is 2. The van der Waals surface area contributed by atoms with Crippen molar-refractivity contribution in [1.82, 2.24) is 9.55 Å². The predicted octanol–water partition coefficient (Wildman–Crippen LogP) is -0.0366. The standard InChI is InChI=1S/C8H12N2O2/c1-2-7(8(12)5-11)10-4-3-9-6-10/h2-4,6-8,11-12H,1,5H2. The average molecular weight is 168 g/mol. The van der Waals surface area contributed by atoms with Gasteiger partial charge in [-0.15, -0.1) is 6.58 Å². The van der Waals surface area contributed by atoms with Crippen molar-refractivity contribution < 1.29 is 10.2 Å². The largest absolute Gasteiger partial charge is 0.394 e. The van der Waals surface area contributed by atoms with Crippen molar-refractivity contribution in [3.05, 3.63) is 31.4 Å². The van der Waals surface area contributed by atoms with E-state index in [4.69, 9.17) is 5.11 Å². The summed E-state index contributed by atoms with van der Waals surface area (Å²) in [5, 5.41) is 18.0. The molecule has 0 bridgehead atoms. The highest BCUT2D eigenvalue weighted by Gasteiger charge is 2.15. The van der Waals surface area contributed by atoms with Crippen LogP contribution < -0.4 is 0 Å². The Kier molecular flexibility index (Phi) is 3.01. The number of hydrogen-bond acceptors (Lipinski definition) is 3. The maximum atomic E-state index is 9.32. The Labute approximate surface area is 70.8 Å². The van der Waals surface area contributed by atoms with Gasteiger partial charge in [0.15, 0.2) is 0 Å². The molecule has 2 N–H and O–H groups in total. The number of rotatable bonds is 4. The Morgan fingerprint density at radius 2 is 2.42 bits per heavy atom. The minimum absolute atomic E-state index is 0.283. The first-order valence-electron chi connectivity index (χ1n) is 3.68. The summed E-state index contributed by atoms with van der Waals surface area (Å²) in [7, 11) is 0. The molecule has 1 aromatic rings. The van der Waals surface area contributed by atoms with Gasteiger partial charge in [0.05, 0.1) is 19.0 Å². The van der Waals surface area contributed by atoms with Gasteiger partial charge in [-0.05, 0) is 0 Å². The van der Waals surface area contributed by atoms with E-state index in [2.05, 4.69) is 11.6 Å². The first-order chi connectivity index (χ1) is 5.79. The Morgan fingerprint density at radius 1 is 1.67 bits per heavy atom. The van der Waals surface area contributed by atoms with Crippen LogP contribution in [-0.2, 0) is 0 Å². The molecule has 4 nitrogen and oxygen atoms in total. The molecule has 0 aliphatic rings. The van der Waals surface area contributed by atoms with Gasteiger partial charge in [-0.25, -0.2) is 4.98 Å². The van der Waals surface area contributed by atoms with E-state index in [0.717, 1.165) is 0 Å². The zero-order chi connectivity index (χ0) is 8.97. The molecule has 0 spiro atoms. The van der Waals surface area contributed by atoms with Crippen LogP contribution in [0, 0.1) is 0 Å². The second-order valence-electron chi connectivity index (χ2n) is 2.49. The minimum atomic E-state index is -0.823. The van der Waals surface area contributed by atoms with E-state index < -0.39 is 6.10 Å². The predicted molar refractivity (Wildman–Crippen MR) is 44.6 cm³/mol. The highest BCUT2D eigenvalue weighted by Crippen LogP contribution is 2.11. The van der Waals surface area contributed by atoms with E-state index in [1.165, 1.54) is 0 Å². The summed E-state index contributed by atoms with van der Waals surface area (Å²) in [6.45, 7) is 3.28. The molecule has 0 radical (unpaired) electrons. The molecule has 66 valence electrons. The van der Waals surface area contributed by atoms with E-state index in [1.807, 2.05) is 0 Å². The van der Waals surface area contributed by atoms with Crippen LogP contribution in [0.4, 0.5) is 0 Å². The van der Waals surface area contributed by atoms with Gasteiger partial charge >= 0.3 is 0 Å². The third kappa shape index (κ3) is 1.72. The minimum Gasteiger partial charge on any atom is -0.394 e. The average Bonchev–Trinajstić information content (AvgIpc) is 2.58. The summed E-state index contributed by atoms with van der Waals surface area (Å²) >= 11 is 0. The molecule has 0 saturated carbocycles. The molecular formula is C8H12N2O2. The normalized spacial score (nSPS) is 15.5. The van der Waals surface area contributed by atoms with Gasteiger partial charge in [-0.2, -0.15) is 0 Å². The first kappa shape index (κ1) is 8.96. The van der Waals surface area contributed by atoms with Crippen molar-refractivity contribution in [2.24, 2.45) is 0 Å². The molecule has 0 aromatic carbocycles. The van der Waals surface area contributed by atoms with Crippen molar-refractivity contribution in [2.45, 2.75) is 12.1 Å². The summed E-state index contributed by atoms with van der Waals surface area (Å²) in [5.74, 6) is 0. The van der Waals surface area contributed by atoms with Crippen LogP contribution in [0.25, 0.3) is 0 Å². The number of imidazole rings is 1. The van der Waals surface area contributed by atoms with Crippen LogP contribution in [0.3, 0.4) is 0 Å². The molecule has 12 heavy (non-hydrogen) atoms. The van der Waals surface area contributed by atoms with E-state index in [-0.39, 0.29) is 12.6 Å². The summed E-state index contributed by atoms with van der Waals surface area (Å²) in [6.07, 6.45) is 5.65. The first-order valence-corrected chi connectivity index (χ1v) is 3.68. The molecule has 0 aliphatic carbocycles. The van der Waals surface area contributed by atoms with Crippen LogP contribution in [0.2, 0.25) is 0 Å². The van der Waals surface area contributed by atoms with Crippen LogP contribution in [0.5, 0.6) is 0 Å². The summed E-state index contributed by atoms with van der Waals surface area (Å²) in [6, 6.07) is -0.308. The highest BCUT2D eigenvalue weighted by atomic mass is 16.3. The maximum absolute atomic E-state index is 9.32. The smallest absolute Gasteiger partial charge is 0.101 e. The summed E-state index contributed by atoms with van der Waals surface area (Å²) in [5.41, 5.74) is 0. The lowest BCUT2D eigenvalue weighted by atomic mass is 10.1. The number of aliphatic hydroxyl groups excluding tert-OH is 2. The van der Waals surface area contributed by atoms with Crippen LogP contribution >= 0.6 is 0 Å². The van der Waals surface area contributed by atoms with Crippen molar-refractivity contribution in [3.8, 4) is 0 Å². The van der Waals surface area contributed by atoms with Crippen LogP contribution in [0.15, 0.2) is 31.4 Å². The SMILES string of the molecule is C=CC(C(O)CO)n1ccnc1. The van der Waals surface area contributed by atoms with E-state index >= 15 is 0 Å². The van der Waals surface area contributed by atoms with Gasteiger partial charge < -0.3 is 14.8 Å². The lowest BCUT2D eigenvalue weighted by Crippen LogP contribution is -2.24. The van der Waals surface area contributed by atoms with Crippen molar-refractivity contribution in [1.29, 1.82) is 0 Å². The van der Waals surface area contributed by atoms with Gasteiger partial charge in [0.1, 0.15) is 6.10 Å². The second-order valence-corrected chi connectivity index (χ2v) is 2.49. The highest BCUT2D eigenvalue weighted by molar-refractivity contribution is 4.93. The molecule has 1 heterocycles. The quantitative estimate of drug-likeness (QED) is 0.620. The van der Waals surface area contributed by atoms with Gasteiger partial charge in [-0.1, -0.05) is 6.08 Å². The number of aliphatic hydroxyl groups is 2. The lowest BCUT2D eigenvalue weighted by molar-refractivity contribution is 0.0664. The number of nitrogens with zero attached hydrogens (tertiary/aromatic N) is 2. The molecule has 0 amide bonds. The van der Waals surface area contributed by atoms with Crippen LogP contribution in [0.1, 0.15) is 6.04 Å². The molecule has 0 fully saturated rings. The monoisotopic (exact) mass is 168 g/mol. The molecule has 2 atom stereocenters. The molecule has 1 rings (SSSR count). The Hall–Kier alpha value is -1.13. The third-order valence-corrected chi connectivity index (χ3v) is 1.69. The van der Waals surface area contributed by atoms with Gasteiger partial charge in [-0.3, -0.25) is 0 Å². The Morgan fingerprint density at radius 3 is 2.83 bits per heavy atom. The molecular weight excluding hydrogens is 156 g/mol. The molecule has 0 aliphatic heterocycles. The fourth-order valence-corrected chi connectivity index (χ4v) is 1.03. The zero-order valence-corrected chi connectivity index (χ0v) is 6.67. The fourth-order valence-electron chi connectivity index (χ4n) is 1.03.